The van der Waals surface area contributed by atoms with Crippen LogP contribution >= 0.6 is 11.6 Å². The molecule has 6 rings (SSSR count). The minimum Gasteiger partial charge on any atom is -0.381 e. The molecule has 0 unspecified atom stereocenters. The number of aromatic nitrogens is 5. The third-order valence-electron chi connectivity index (χ3n) is 7.93. The van der Waals surface area contributed by atoms with E-state index in [9.17, 15) is 9.59 Å². The summed E-state index contributed by atoms with van der Waals surface area (Å²) >= 11 is 6.33. The van der Waals surface area contributed by atoms with E-state index in [1.54, 1.807) is 10.9 Å². The third-order valence-corrected chi connectivity index (χ3v) is 8.25. The van der Waals surface area contributed by atoms with Crippen LogP contribution in [0, 0.1) is 6.92 Å². The number of pyridine rings is 1. The van der Waals surface area contributed by atoms with Crippen LogP contribution in [0.3, 0.4) is 0 Å². The lowest BCUT2D eigenvalue weighted by atomic mass is 10.0. The number of rotatable bonds is 4. The first-order chi connectivity index (χ1) is 18.3. The van der Waals surface area contributed by atoms with E-state index in [0.717, 1.165) is 47.1 Å². The van der Waals surface area contributed by atoms with E-state index in [-0.39, 0.29) is 23.6 Å². The number of carbonyl (C=O) groups is 1. The molecule has 1 aromatic carbocycles. The molecule has 0 spiro atoms. The molecular formula is C27H32ClN7O3. The van der Waals surface area contributed by atoms with Crippen molar-refractivity contribution >= 4 is 39.3 Å². The minimum atomic E-state index is -0.165. The zero-order valence-electron chi connectivity index (χ0n) is 21.9. The zero-order chi connectivity index (χ0) is 26.6. The molecule has 11 heteroatoms. The molecule has 0 saturated carbocycles. The van der Waals surface area contributed by atoms with Crippen molar-refractivity contribution in [3.8, 4) is 0 Å². The van der Waals surface area contributed by atoms with Crippen LogP contribution in [0.15, 0.2) is 29.3 Å². The van der Waals surface area contributed by atoms with Gasteiger partial charge < -0.3 is 14.6 Å². The van der Waals surface area contributed by atoms with E-state index in [0.29, 0.717) is 48.8 Å². The number of fused-ring (bicyclic) bond motifs is 3. The first-order valence-corrected chi connectivity index (χ1v) is 13.5. The Labute approximate surface area is 225 Å². The van der Waals surface area contributed by atoms with Crippen molar-refractivity contribution in [2.75, 3.05) is 32.8 Å². The second kappa shape index (κ2) is 9.83. The van der Waals surface area contributed by atoms with Crippen molar-refractivity contribution in [3.63, 3.8) is 0 Å². The number of halogens is 1. The molecule has 2 aliphatic heterocycles. The van der Waals surface area contributed by atoms with Crippen molar-refractivity contribution in [2.45, 2.75) is 45.3 Å². The number of carbonyl (C=O) groups excluding carboxylic acids is 1. The zero-order valence-corrected chi connectivity index (χ0v) is 22.7. The molecule has 0 radical (unpaired) electrons. The number of hydrogen-bond acceptors (Lipinski definition) is 6. The molecule has 0 bridgehead atoms. The van der Waals surface area contributed by atoms with Crippen LogP contribution in [0.5, 0.6) is 0 Å². The van der Waals surface area contributed by atoms with Crippen LogP contribution in [0.1, 0.15) is 47.4 Å². The Hall–Kier alpha value is -3.21. The molecule has 1 amide bonds. The highest BCUT2D eigenvalue weighted by molar-refractivity contribution is 6.31. The van der Waals surface area contributed by atoms with Gasteiger partial charge in [-0.1, -0.05) is 11.6 Å². The van der Waals surface area contributed by atoms with Gasteiger partial charge in [-0.05, 0) is 44.4 Å². The normalized spacial score (nSPS) is 19.6. The van der Waals surface area contributed by atoms with Gasteiger partial charge in [0, 0.05) is 69.6 Å². The van der Waals surface area contributed by atoms with Crippen LogP contribution in [-0.2, 0) is 18.3 Å². The summed E-state index contributed by atoms with van der Waals surface area (Å²) in [6.45, 7) is 8.02. The SMILES string of the molecule is Cc1cc2[nH]c(=O)c3cnn(C4CCOCC4)c3c2cc1C(=O)N1CCN(Cc2nn(C)cc2Cl)[C@@H](C)C1. The highest BCUT2D eigenvalue weighted by atomic mass is 35.5. The Morgan fingerprint density at radius 3 is 2.71 bits per heavy atom. The Morgan fingerprint density at radius 1 is 1.21 bits per heavy atom. The number of ether oxygens (including phenoxy) is 1. The quantitative estimate of drug-likeness (QED) is 0.429. The predicted octanol–water partition coefficient (Wildman–Crippen LogP) is 3.27. The Kier molecular flexibility index (Phi) is 6.49. The van der Waals surface area contributed by atoms with Crippen LogP contribution < -0.4 is 5.56 Å². The average Bonchev–Trinajstić information content (AvgIpc) is 3.48. The molecule has 38 heavy (non-hydrogen) atoms. The molecule has 10 nitrogen and oxygen atoms in total. The lowest BCUT2D eigenvalue weighted by Gasteiger charge is -2.39. The molecule has 2 aliphatic rings. The maximum absolute atomic E-state index is 13.8. The molecule has 0 aliphatic carbocycles. The van der Waals surface area contributed by atoms with Gasteiger partial charge in [0.25, 0.3) is 11.5 Å². The van der Waals surface area contributed by atoms with Crippen molar-refractivity contribution in [1.82, 2.24) is 34.3 Å². The third kappa shape index (κ3) is 4.40. The molecule has 200 valence electrons. The van der Waals surface area contributed by atoms with E-state index < -0.39 is 0 Å². The first-order valence-electron chi connectivity index (χ1n) is 13.1. The number of piperazine rings is 1. The standard InChI is InChI=1S/C27H32ClN7O3/c1-16-10-23-20(25-21(26(36)30-23)12-29-35(25)18-4-8-38-9-5-18)11-19(16)27(37)34-7-6-33(17(2)13-34)15-24-22(28)14-32(3)31-24/h10-12,14,17-18H,4-9,13,15H2,1-3H3,(H,30,36)/t17-/m0/s1. The summed E-state index contributed by atoms with van der Waals surface area (Å²) in [4.78, 5) is 33.9. The van der Waals surface area contributed by atoms with Gasteiger partial charge in [0.05, 0.1) is 39.4 Å². The van der Waals surface area contributed by atoms with Gasteiger partial charge in [0.2, 0.25) is 0 Å². The minimum absolute atomic E-state index is 0.00301. The molecule has 1 N–H and O–H groups in total. The van der Waals surface area contributed by atoms with Crippen molar-refractivity contribution < 1.29 is 9.53 Å². The number of nitrogens with one attached hydrogen (secondary N) is 1. The second-order valence-corrected chi connectivity index (χ2v) is 10.9. The van der Waals surface area contributed by atoms with Gasteiger partial charge in [-0.15, -0.1) is 0 Å². The van der Waals surface area contributed by atoms with E-state index >= 15 is 0 Å². The summed E-state index contributed by atoms with van der Waals surface area (Å²) in [5.74, 6) is 0.00301. The van der Waals surface area contributed by atoms with E-state index in [1.807, 2.05) is 41.9 Å². The number of aryl methyl sites for hydroxylation is 2. The number of amides is 1. The van der Waals surface area contributed by atoms with Crippen LogP contribution in [-0.4, -0.2) is 79.1 Å². The van der Waals surface area contributed by atoms with E-state index in [4.69, 9.17) is 16.3 Å². The van der Waals surface area contributed by atoms with Gasteiger partial charge in [0.1, 0.15) is 0 Å². The maximum atomic E-state index is 13.8. The summed E-state index contributed by atoms with van der Waals surface area (Å²) < 4.78 is 9.22. The fourth-order valence-electron chi connectivity index (χ4n) is 5.82. The highest BCUT2D eigenvalue weighted by Crippen LogP contribution is 2.30. The fraction of sp³-hybridized carbons (Fsp3) is 0.481. The molecule has 5 heterocycles. The average molecular weight is 538 g/mol. The number of benzene rings is 1. The lowest BCUT2D eigenvalue weighted by molar-refractivity contribution is 0.0491. The molecule has 1 atom stereocenters. The number of H-pyrrole nitrogens is 1. The van der Waals surface area contributed by atoms with Gasteiger partial charge in [-0.3, -0.25) is 23.9 Å². The molecule has 4 aromatic rings. The number of nitrogens with zero attached hydrogens (tertiary/aromatic N) is 6. The first kappa shape index (κ1) is 25.1. The second-order valence-electron chi connectivity index (χ2n) is 10.5. The van der Waals surface area contributed by atoms with Crippen LogP contribution in [0.2, 0.25) is 5.02 Å². The van der Waals surface area contributed by atoms with Crippen molar-refractivity contribution in [3.05, 3.63) is 56.7 Å². The molecule has 2 saturated heterocycles. The number of hydrogen-bond donors (Lipinski definition) is 1. The smallest absolute Gasteiger partial charge is 0.259 e. The summed E-state index contributed by atoms with van der Waals surface area (Å²) in [5, 5.41) is 11.1. The van der Waals surface area contributed by atoms with Gasteiger partial charge >= 0.3 is 0 Å². The van der Waals surface area contributed by atoms with Gasteiger partial charge in [-0.25, -0.2) is 0 Å². The fourth-order valence-corrected chi connectivity index (χ4v) is 6.06. The molecule has 3 aromatic heterocycles. The summed E-state index contributed by atoms with van der Waals surface area (Å²) in [6, 6.07) is 4.17. The van der Waals surface area contributed by atoms with Crippen molar-refractivity contribution in [2.24, 2.45) is 7.05 Å². The Balaban J connectivity index is 1.31. The molecular weight excluding hydrogens is 506 g/mol. The number of aromatic amines is 1. The monoisotopic (exact) mass is 537 g/mol. The van der Waals surface area contributed by atoms with Gasteiger partial charge in [0.15, 0.2) is 0 Å². The van der Waals surface area contributed by atoms with Crippen LogP contribution in [0.25, 0.3) is 21.8 Å². The summed E-state index contributed by atoms with van der Waals surface area (Å²) in [5.41, 5.74) is 3.68. The molecule has 2 fully saturated rings. The van der Waals surface area contributed by atoms with Crippen molar-refractivity contribution in [1.29, 1.82) is 0 Å². The topological polar surface area (TPSA) is 101 Å². The highest BCUT2D eigenvalue weighted by Gasteiger charge is 2.30. The lowest BCUT2D eigenvalue weighted by Crippen LogP contribution is -2.53. The predicted molar refractivity (Wildman–Crippen MR) is 146 cm³/mol. The van der Waals surface area contributed by atoms with Crippen LogP contribution in [0.4, 0.5) is 0 Å². The maximum Gasteiger partial charge on any atom is 0.259 e. The summed E-state index contributed by atoms with van der Waals surface area (Å²) in [7, 11) is 1.86. The van der Waals surface area contributed by atoms with E-state index in [1.165, 1.54) is 0 Å². The Bertz CT molecular complexity index is 1580. The largest absolute Gasteiger partial charge is 0.381 e. The Morgan fingerprint density at radius 2 is 2.00 bits per heavy atom. The van der Waals surface area contributed by atoms with E-state index in [2.05, 4.69) is 27.0 Å². The van der Waals surface area contributed by atoms with Gasteiger partial charge in [-0.2, -0.15) is 10.2 Å². The summed E-state index contributed by atoms with van der Waals surface area (Å²) in [6.07, 6.45) is 5.13.